The molecule has 4 heterocycles. The molecule has 0 saturated carbocycles. The lowest BCUT2D eigenvalue weighted by Crippen LogP contribution is -2.21. The zero-order valence-electron chi connectivity index (χ0n) is 19.4. The second kappa shape index (κ2) is 8.60. The van der Waals surface area contributed by atoms with Crippen LogP contribution in [0, 0.1) is 33.5 Å². The van der Waals surface area contributed by atoms with Crippen molar-refractivity contribution in [2.45, 2.75) is 52.6 Å². The Morgan fingerprint density at radius 2 is 1.82 bits per heavy atom. The van der Waals surface area contributed by atoms with E-state index in [2.05, 4.69) is 11.1 Å². The molecule has 0 radical (unpaired) electrons. The second-order valence-electron chi connectivity index (χ2n) is 8.99. The lowest BCUT2D eigenvalue weighted by atomic mass is 9.91. The van der Waals surface area contributed by atoms with Gasteiger partial charge in [0.1, 0.15) is 11.6 Å². The number of pyridine rings is 2. The van der Waals surface area contributed by atoms with Crippen molar-refractivity contribution < 1.29 is 9.13 Å². The minimum atomic E-state index is -0.281. The molecule has 0 spiro atoms. The number of halogens is 1. The molecule has 168 valence electrons. The van der Waals surface area contributed by atoms with Gasteiger partial charge in [0.2, 0.25) is 0 Å². The van der Waals surface area contributed by atoms with Crippen molar-refractivity contribution in [2.24, 2.45) is 0 Å². The predicted molar refractivity (Wildman–Crippen MR) is 127 cm³/mol. The number of fused-ring (bicyclic) bond motifs is 1. The first-order chi connectivity index (χ1) is 15.9. The van der Waals surface area contributed by atoms with Crippen LogP contribution in [0.5, 0.6) is 0 Å². The van der Waals surface area contributed by atoms with Gasteiger partial charge in [-0.3, -0.25) is 4.98 Å². The zero-order chi connectivity index (χ0) is 23.1. The zero-order valence-corrected chi connectivity index (χ0v) is 19.4. The van der Waals surface area contributed by atoms with Gasteiger partial charge in [-0.1, -0.05) is 6.07 Å². The van der Waals surface area contributed by atoms with Crippen LogP contribution < -0.4 is 0 Å². The molecule has 2 atom stereocenters. The van der Waals surface area contributed by atoms with E-state index in [0.29, 0.717) is 29.3 Å². The first kappa shape index (κ1) is 21.6. The molecular formula is C27H27FN4O. The molecule has 0 unspecified atom stereocenters. The van der Waals surface area contributed by atoms with Crippen LogP contribution >= 0.6 is 0 Å². The van der Waals surface area contributed by atoms with Crippen LogP contribution in [-0.2, 0) is 4.74 Å². The van der Waals surface area contributed by atoms with Crippen LogP contribution in [0.3, 0.4) is 0 Å². The van der Waals surface area contributed by atoms with Gasteiger partial charge in [0.05, 0.1) is 11.8 Å². The topological polar surface area (TPSA) is 60.8 Å². The van der Waals surface area contributed by atoms with Crippen molar-refractivity contribution in [3.05, 3.63) is 82.3 Å². The number of hydrogen-bond acceptors (Lipinski definition) is 5. The molecule has 3 aromatic heterocycles. The first-order valence-electron chi connectivity index (χ1n) is 11.4. The molecule has 0 aliphatic carbocycles. The van der Waals surface area contributed by atoms with Gasteiger partial charge in [-0.15, -0.1) is 0 Å². The molecule has 0 amide bonds. The average molecular weight is 443 g/mol. The fourth-order valence-corrected chi connectivity index (χ4v) is 4.49. The quantitative estimate of drug-likeness (QED) is 0.384. The normalized spacial score (nSPS) is 18.6. The number of aromatic nitrogens is 4. The van der Waals surface area contributed by atoms with Crippen LogP contribution in [0.4, 0.5) is 4.39 Å². The molecule has 5 nitrogen and oxygen atoms in total. The van der Waals surface area contributed by atoms with Crippen molar-refractivity contribution in [2.75, 3.05) is 6.61 Å². The minimum absolute atomic E-state index is 0.0444. The molecule has 4 aromatic rings. The van der Waals surface area contributed by atoms with Crippen LogP contribution in [0.25, 0.3) is 22.3 Å². The van der Waals surface area contributed by atoms with E-state index in [-0.39, 0.29) is 17.8 Å². The van der Waals surface area contributed by atoms with Gasteiger partial charge < -0.3 is 4.74 Å². The van der Waals surface area contributed by atoms with Gasteiger partial charge in [-0.2, -0.15) is 0 Å². The maximum absolute atomic E-state index is 15.0. The smallest absolute Gasteiger partial charge is 0.163 e. The lowest BCUT2D eigenvalue weighted by molar-refractivity contribution is 0.00393. The SMILES string of the molecule is Cc1ccc(-c2nc([C@H]3CCO[C@H](c4ccnc(C)c4)C3)nc3nc(C)c(C)cc23)c(F)c1. The highest BCUT2D eigenvalue weighted by molar-refractivity contribution is 5.91. The maximum Gasteiger partial charge on any atom is 0.163 e. The Kier molecular flexibility index (Phi) is 5.62. The summed E-state index contributed by atoms with van der Waals surface area (Å²) in [5.41, 5.74) is 6.60. The van der Waals surface area contributed by atoms with Gasteiger partial charge >= 0.3 is 0 Å². The molecule has 1 aliphatic rings. The number of rotatable bonds is 3. The maximum atomic E-state index is 15.0. The van der Waals surface area contributed by atoms with E-state index in [1.165, 1.54) is 0 Å². The van der Waals surface area contributed by atoms with Crippen molar-refractivity contribution in [3.8, 4) is 11.3 Å². The average Bonchev–Trinajstić information content (AvgIpc) is 2.80. The Morgan fingerprint density at radius 1 is 0.970 bits per heavy atom. The molecule has 1 aromatic carbocycles. The highest BCUT2D eigenvalue weighted by Gasteiger charge is 2.28. The Bertz CT molecular complexity index is 1350. The molecule has 0 N–H and O–H groups in total. The molecule has 6 heteroatoms. The lowest BCUT2D eigenvalue weighted by Gasteiger charge is -2.29. The Morgan fingerprint density at radius 3 is 2.61 bits per heavy atom. The number of benzene rings is 1. The van der Waals surface area contributed by atoms with Crippen molar-refractivity contribution in [1.29, 1.82) is 0 Å². The fraction of sp³-hybridized carbons (Fsp3) is 0.333. The summed E-state index contributed by atoms with van der Waals surface area (Å²) in [5.74, 6) is 0.515. The minimum Gasteiger partial charge on any atom is -0.373 e. The van der Waals surface area contributed by atoms with Gasteiger partial charge in [0.25, 0.3) is 0 Å². The summed E-state index contributed by atoms with van der Waals surface area (Å²) in [6, 6.07) is 11.3. The summed E-state index contributed by atoms with van der Waals surface area (Å²) >= 11 is 0. The van der Waals surface area contributed by atoms with E-state index >= 15 is 4.39 Å². The largest absolute Gasteiger partial charge is 0.373 e. The third kappa shape index (κ3) is 4.23. The molecule has 1 fully saturated rings. The molecular weight excluding hydrogens is 415 g/mol. The second-order valence-corrected chi connectivity index (χ2v) is 8.99. The highest BCUT2D eigenvalue weighted by Crippen LogP contribution is 2.38. The fourth-order valence-electron chi connectivity index (χ4n) is 4.49. The molecule has 1 saturated heterocycles. The van der Waals surface area contributed by atoms with Crippen LogP contribution in [0.2, 0.25) is 0 Å². The van der Waals surface area contributed by atoms with Crippen molar-refractivity contribution >= 4 is 11.0 Å². The van der Waals surface area contributed by atoms with E-state index in [9.17, 15) is 0 Å². The molecule has 5 rings (SSSR count). The van der Waals surface area contributed by atoms with E-state index in [0.717, 1.165) is 46.3 Å². The Hall–Kier alpha value is -3.25. The van der Waals surface area contributed by atoms with Crippen molar-refractivity contribution in [1.82, 2.24) is 19.9 Å². The summed E-state index contributed by atoms with van der Waals surface area (Å²) in [5, 5.41) is 0.776. The van der Waals surface area contributed by atoms with Crippen LogP contribution in [-0.4, -0.2) is 26.5 Å². The van der Waals surface area contributed by atoms with Gasteiger partial charge in [-0.25, -0.2) is 19.3 Å². The van der Waals surface area contributed by atoms with Gasteiger partial charge in [0.15, 0.2) is 5.65 Å². The van der Waals surface area contributed by atoms with Crippen molar-refractivity contribution in [3.63, 3.8) is 0 Å². The number of hydrogen-bond donors (Lipinski definition) is 0. The molecule has 33 heavy (non-hydrogen) atoms. The number of ether oxygens (including phenoxy) is 1. The van der Waals surface area contributed by atoms with Gasteiger partial charge in [0, 0.05) is 41.1 Å². The highest BCUT2D eigenvalue weighted by atomic mass is 19.1. The number of aryl methyl sites for hydroxylation is 4. The number of nitrogens with zero attached hydrogens (tertiary/aromatic N) is 4. The van der Waals surface area contributed by atoms with E-state index < -0.39 is 0 Å². The standard InChI is InChI=1S/C27H27FN4O/c1-15-5-6-21(23(28)11-15)25-22-12-16(2)18(4)30-27(22)32-26(31-25)20-8-10-33-24(14-20)19-7-9-29-17(3)13-19/h5-7,9,11-13,20,24H,8,10,14H2,1-4H3/t20-,24-/m0/s1. The Labute approximate surface area is 193 Å². The summed E-state index contributed by atoms with van der Waals surface area (Å²) in [7, 11) is 0. The van der Waals surface area contributed by atoms with E-state index in [1.807, 2.05) is 52.1 Å². The van der Waals surface area contributed by atoms with Crippen LogP contribution in [0.15, 0.2) is 42.6 Å². The summed E-state index contributed by atoms with van der Waals surface area (Å²) in [4.78, 5) is 18.8. The monoisotopic (exact) mass is 442 g/mol. The summed E-state index contributed by atoms with van der Waals surface area (Å²) in [6.07, 6.45) is 3.34. The molecule has 1 aliphatic heterocycles. The van der Waals surface area contributed by atoms with E-state index in [1.54, 1.807) is 12.1 Å². The van der Waals surface area contributed by atoms with Crippen LogP contribution in [0.1, 0.15) is 58.8 Å². The van der Waals surface area contributed by atoms with Gasteiger partial charge in [-0.05, 0) is 87.6 Å². The summed E-state index contributed by atoms with van der Waals surface area (Å²) in [6.45, 7) is 8.46. The third-order valence-corrected chi connectivity index (χ3v) is 6.47. The predicted octanol–water partition coefficient (Wildman–Crippen LogP) is 6.09. The summed E-state index contributed by atoms with van der Waals surface area (Å²) < 4.78 is 21.1. The van der Waals surface area contributed by atoms with E-state index in [4.69, 9.17) is 19.7 Å². The Balaban J connectivity index is 1.62. The molecule has 0 bridgehead atoms. The first-order valence-corrected chi connectivity index (χ1v) is 11.4. The third-order valence-electron chi connectivity index (χ3n) is 6.47.